The number of allylic oxidation sites excluding steroid dienone is 4. The minimum Gasteiger partial charge on any atom is -0.399 e. The first-order valence-corrected chi connectivity index (χ1v) is 13.9. The van der Waals surface area contributed by atoms with E-state index < -0.39 is 5.41 Å². The third kappa shape index (κ3) is 4.09. The zero-order valence-electron chi connectivity index (χ0n) is 23.4. The van der Waals surface area contributed by atoms with Crippen LogP contribution in [-0.4, -0.2) is 38.5 Å². The molecule has 4 aliphatic carbocycles. The van der Waals surface area contributed by atoms with Gasteiger partial charge in [0.15, 0.2) is 0 Å². The Morgan fingerprint density at radius 2 is 1.81 bits per heavy atom. The van der Waals surface area contributed by atoms with Crippen LogP contribution in [0.25, 0.3) is 0 Å². The molecule has 5 unspecified atom stereocenters. The lowest BCUT2D eigenvalue weighted by molar-refractivity contribution is -0.141. The normalized spacial score (nSPS) is 33.8. The van der Waals surface area contributed by atoms with Gasteiger partial charge in [-0.05, 0) is 111 Å². The molecule has 1 aromatic rings. The predicted octanol–water partition coefficient (Wildman–Crippen LogP) is 6.64. The highest BCUT2D eigenvalue weighted by Crippen LogP contribution is 2.70. The maximum absolute atomic E-state index is 13.4. The van der Waals surface area contributed by atoms with E-state index in [0.717, 1.165) is 50.7 Å². The Labute approximate surface area is 222 Å². The van der Waals surface area contributed by atoms with Gasteiger partial charge in [-0.3, -0.25) is 9.59 Å². The number of rotatable bonds is 6. The first-order chi connectivity index (χ1) is 17.6. The fraction of sp³-hybridized carbons (Fsp3) is 0.594. The molecule has 0 N–H and O–H groups in total. The molecule has 5 atom stereocenters. The van der Waals surface area contributed by atoms with Crippen molar-refractivity contribution in [2.75, 3.05) is 26.1 Å². The van der Waals surface area contributed by atoms with Gasteiger partial charge in [0.2, 0.25) is 0 Å². The zero-order chi connectivity index (χ0) is 26.5. The van der Waals surface area contributed by atoms with Crippen molar-refractivity contribution in [2.45, 2.75) is 78.1 Å². The van der Waals surface area contributed by atoms with Gasteiger partial charge in [0.05, 0.1) is 5.71 Å². The average Bonchev–Trinajstić information content (AvgIpc) is 3.16. The molecule has 0 saturated heterocycles. The zero-order valence-corrected chi connectivity index (χ0v) is 23.4. The number of Topliss-reactive ketones (excluding diaryl/α,β-unsaturated/α-hetero) is 2. The van der Waals surface area contributed by atoms with E-state index in [2.05, 4.69) is 61.4 Å². The van der Waals surface area contributed by atoms with Crippen molar-refractivity contribution in [1.29, 1.82) is 0 Å². The van der Waals surface area contributed by atoms with Crippen LogP contribution in [0, 0.1) is 22.7 Å². The van der Waals surface area contributed by atoms with Gasteiger partial charge in [0.25, 0.3) is 0 Å². The van der Waals surface area contributed by atoms with Crippen molar-refractivity contribution in [2.24, 2.45) is 27.8 Å². The Morgan fingerprint density at radius 1 is 1.08 bits per heavy atom. The van der Waals surface area contributed by atoms with Crippen molar-refractivity contribution in [3.8, 4) is 0 Å². The molecule has 198 valence electrons. The van der Waals surface area contributed by atoms with Crippen molar-refractivity contribution < 1.29 is 14.4 Å². The molecule has 0 radical (unpaired) electrons. The quantitative estimate of drug-likeness (QED) is 0.409. The predicted molar refractivity (Wildman–Crippen MR) is 149 cm³/mol. The Bertz CT molecular complexity index is 1190. The summed E-state index contributed by atoms with van der Waals surface area (Å²) in [7, 11) is 5.76. The smallest absolute Gasteiger partial charge is 0.136 e. The largest absolute Gasteiger partial charge is 0.399 e. The summed E-state index contributed by atoms with van der Waals surface area (Å²) in [4.78, 5) is 33.2. The summed E-state index contributed by atoms with van der Waals surface area (Å²) in [5.41, 5.74) is 7.37. The summed E-state index contributed by atoms with van der Waals surface area (Å²) >= 11 is 0. The number of hydrogen-bond acceptors (Lipinski definition) is 5. The van der Waals surface area contributed by atoms with E-state index in [0.29, 0.717) is 18.3 Å². The van der Waals surface area contributed by atoms with Crippen LogP contribution in [0.15, 0.2) is 52.2 Å². The monoisotopic (exact) mass is 502 g/mol. The molecule has 4 aliphatic rings. The third-order valence-corrected chi connectivity index (χ3v) is 10.4. The standard InChI is InChI=1S/C32H42N2O3/c1-20(35)18-32(21(2)36)16-15-29-27-13-9-23-17-24(33-37-6)10-14-26(23)30(27)28(19-31(29,32)3)22-7-11-25(12-8-22)34(4)5/h7-8,11-12,17,27-29H,9-10,13-16,18-19H2,1-6H3/b33-24-. The SMILES string of the molecule is CO/N=C1\C=C2CCC3C(=C2CC1)C(c1ccc(N(C)C)cc1)CC1(C)C3CCC1(CC(C)=O)C(C)=O. The molecule has 37 heavy (non-hydrogen) atoms. The van der Waals surface area contributed by atoms with Crippen LogP contribution >= 0.6 is 0 Å². The van der Waals surface area contributed by atoms with Crippen molar-refractivity contribution in [1.82, 2.24) is 0 Å². The molecule has 2 saturated carbocycles. The lowest BCUT2D eigenvalue weighted by atomic mass is 9.47. The Hall–Kier alpha value is -2.69. The van der Waals surface area contributed by atoms with Gasteiger partial charge >= 0.3 is 0 Å². The number of fused-ring (bicyclic) bond motifs is 4. The summed E-state index contributed by atoms with van der Waals surface area (Å²) in [5, 5.41) is 4.26. The number of carbonyl (C=O) groups is 2. The second-order valence-electron chi connectivity index (χ2n) is 12.3. The Morgan fingerprint density at radius 3 is 2.43 bits per heavy atom. The van der Waals surface area contributed by atoms with E-state index in [1.165, 1.54) is 22.4 Å². The first-order valence-electron chi connectivity index (χ1n) is 13.9. The molecule has 0 bridgehead atoms. The molecule has 2 fully saturated rings. The molecule has 0 spiro atoms. The maximum atomic E-state index is 13.4. The summed E-state index contributed by atoms with van der Waals surface area (Å²) in [6.45, 7) is 5.76. The van der Waals surface area contributed by atoms with Crippen LogP contribution in [0.2, 0.25) is 0 Å². The van der Waals surface area contributed by atoms with Gasteiger partial charge in [0.1, 0.15) is 18.7 Å². The average molecular weight is 503 g/mol. The van der Waals surface area contributed by atoms with Crippen LogP contribution in [-0.2, 0) is 14.4 Å². The van der Waals surface area contributed by atoms with Crippen LogP contribution in [0.5, 0.6) is 0 Å². The van der Waals surface area contributed by atoms with E-state index in [1.54, 1.807) is 26.5 Å². The lowest BCUT2D eigenvalue weighted by Gasteiger charge is -2.56. The second-order valence-corrected chi connectivity index (χ2v) is 12.3. The number of carbonyl (C=O) groups excluding carboxylic acids is 2. The topological polar surface area (TPSA) is 59.0 Å². The molecule has 5 rings (SSSR count). The minimum absolute atomic E-state index is 0.138. The number of anilines is 1. The van der Waals surface area contributed by atoms with Crippen molar-refractivity contribution in [3.63, 3.8) is 0 Å². The van der Waals surface area contributed by atoms with Crippen LogP contribution < -0.4 is 4.90 Å². The molecule has 0 aliphatic heterocycles. The molecule has 5 nitrogen and oxygen atoms in total. The highest BCUT2D eigenvalue weighted by atomic mass is 16.6. The van der Waals surface area contributed by atoms with E-state index >= 15 is 0 Å². The molecule has 5 heteroatoms. The van der Waals surface area contributed by atoms with Gasteiger partial charge in [-0.25, -0.2) is 0 Å². The number of ketones is 2. The summed E-state index contributed by atoms with van der Waals surface area (Å²) < 4.78 is 0. The number of hydrogen-bond donors (Lipinski definition) is 0. The number of oxime groups is 1. The third-order valence-electron chi connectivity index (χ3n) is 10.4. The number of benzene rings is 1. The molecular weight excluding hydrogens is 460 g/mol. The van der Waals surface area contributed by atoms with Crippen LogP contribution in [0.4, 0.5) is 5.69 Å². The summed E-state index contributed by atoms with van der Waals surface area (Å²) in [6.07, 6.45) is 9.48. The fourth-order valence-electron chi connectivity index (χ4n) is 8.70. The van der Waals surface area contributed by atoms with Gasteiger partial charge in [-0.2, -0.15) is 0 Å². The maximum Gasteiger partial charge on any atom is 0.136 e. The fourth-order valence-corrected chi connectivity index (χ4v) is 8.70. The van der Waals surface area contributed by atoms with Gasteiger partial charge in [0, 0.05) is 37.5 Å². The number of nitrogens with zero attached hydrogens (tertiary/aromatic N) is 2. The van der Waals surface area contributed by atoms with Crippen LogP contribution in [0.3, 0.4) is 0 Å². The molecule has 1 aromatic carbocycles. The first kappa shape index (κ1) is 25.9. The van der Waals surface area contributed by atoms with Crippen molar-refractivity contribution in [3.05, 3.63) is 52.6 Å². The Balaban J connectivity index is 1.67. The highest BCUT2D eigenvalue weighted by molar-refractivity contribution is 5.97. The van der Waals surface area contributed by atoms with Gasteiger partial charge in [-0.1, -0.05) is 29.8 Å². The van der Waals surface area contributed by atoms with E-state index in [1.807, 2.05) is 0 Å². The highest BCUT2D eigenvalue weighted by Gasteiger charge is 2.65. The van der Waals surface area contributed by atoms with Crippen LogP contribution in [0.1, 0.15) is 83.6 Å². The van der Waals surface area contributed by atoms with E-state index in [-0.39, 0.29) is 22.9 Å². The lowest BCUT2D eigenvalue weighted by Crippen LogP contribution is -2.51. The summed E-state index contributed by atoms with van der Waals surface area (Å²) in [5.74, 6) is 1.50. The molecule has 0 aromatic heterocycles. The van der Waals surface area contributed by atoms with E-state index in [4.69, 9.17) is 4.84 Å². The Kier molecular flexibility index (Phi) is 6.70. The summed E-state index contributed by atoms with van der Waals surface area (Å²) in [6, 6.07) is 9.02. The van der Waals surface area contributed by atoms with Gasteiger partial charge < -0.3 is 9.74 Å². The van der Waals surface area contributed by atoms with E-state index in [9.17, 15) is 9.59 Å². The second kappa shape index (κ2) is 9.56. The minimum atomic E-state index is -0.553. The molecule has 0 heterocycles. The van der Waals surface area contributed by atoms with Gasteiger partial charge in [-0.15, -0.1) is 0 Å². The molecule has 0 amide bonds. The molecular formula is C32H42N2O3. The van der Waals surface area contributed by atoms with Crippen molar-refractivity contribution >= 4 is 23.0 Å².